The van der Waals surface area contributed by atoms with Crippen LogP contribution in [-0.4, -0.2) is 20.3 Å². The maximum atomic E-state index is 12.9. The first-order valence-corrected chi connectivity index (χ1v) is 8.40. The second-order valence-corrected chi connectivity index (χ2v) is 5.90. The van der Waals surface area contributed by atoms with Crippen LogP contribution in [0.1, 0.15) is 30.0 Å². The van der Waals surface area contributed by atoms with Gasteiger partial charge in [0.05, 0.1) is 11.4 Å². The predicted molar refractivity (Wildman–Crippen MR) is 98.2 cm³/mol. The number of hydrogen-bond donors (Lipinski definition) is 1. The highest BCUT2D eigenvalue weighted by Crippen LogP contribution is 2.15. The zero-order valence-corrected chi connectivity index (χ0v) is 14.8. The van der Waals surface area contributed by atoms with E-state index in [-0.39, 0.29) is 12.3 Å². The molecule has 0 saturated heterocycles. The second kappa shape index (κ2) is 7.86. The molecule has 3 aromatic rings. The Hall–Kier alpha value is -3.09. The molecule has 3 rings (SSSR count). The van der Waals surface area contributed by atoms with Crippen molar-refractivity contribution in [3.05, 3.63) is 75.7 Å². The third kappa shape index (κ3) is 3.61. The summed E-state index contributed by atoms with van der Waals surface area (Å²) >= 11 is 0. The maximum Gasteiger partial charge on any atom is 0.364 e. The monoisotopic (exact) mass is 356 g/mol. The summed E-state index contributed by atoms with van der Waals surface area (Å²) in [6, 6.07) is 14.7. The van der Waals surface area contributed by atoms with E-state index in [2.05, 4.69) is 10.4 Å². The number of aryl methyl sites for hydroxylation is 1. The van der Waals surface area contributed by atoms with Crippen molar-refractivity contribution in [1.82, 2.24) is 14.6 Å². The van der Waals surface area contributed by atoms with Gasteiger partial charge < -0.3 is 4.84 Å². The summed E-state index contributed by atoms with van der Waals surface area (Å²) in [5.74, 6) is 0. The number of halogens is 1. The van der Waals surface area contributed by atoms with Crippen LogP contribution in [0.25, 0.3) is 5.69 Å². The molecule has 2 aromatic carbocycles. The number of alkyl halides is 1. The van der Waals surface area contributed by atoms with E-state index in [1.165, 1.54) is 9.36 Å². The highest BCUT2D eigenvalue weighted by atomic mass is 19.1. The first-order valence-electron chi connectivity index (χ1n) is 8.40. The Balaban J connectivity index is 1.77. The molecule has 0 aliphatic rings. The summed E-state index contributed by atoms with van der Waals surface area (Å²) in [5, 5.41) is 7.11. The van der Waals surface area contributed by atoms with Crippen LogP contribution >= 0.6 is 0 Å². The molecule has 0 radical (unpaired) electrons. The first-order chi connectivity index (χ1) is 12.6. The van der Waals surface area contributed by atoms with E-state index in [9.17, 15) is 9.18 Å². The van der Waals surface area contributed by atoms with E-state index in [4.69, 9.17) is 4.84 Å². The molecule has 0 fully saturated rings. The Bertz CT molecular complexity index is 968. The van der Waals surface area contributed by atoms with Gasteiger partial charge in [0.1, 0.15) is 13.3 Å². The van der Waals surface area contributed by atoms with Crippen LogP contribution in [0.4, 0.5) is 4.39 Å². The fourth-order valence-electron chi connectivity index (χ4n) is 2.68. The van der Waals surface area contributed by atoms with Crippen molar-refractivity contribution < 1.29 is 9.23 Å². The predicted octanol–water partition coefficient (Wildman–Crippen LogP) is 3.30. The van der Waals surface area contributed by atoms with Gasteiger partial charge in [0.25, 0.3) is 0 Å². The number of aromatic amines is 1. The van der Waals surface area contributed by atoms with E-state index in [0.29, 0.717) is 12.0 Å². The topological polar surface area (TPSA) is 64.3 Å². The minimum atomic E-state index is -0.510. The van der Waals surface area contributed by atoms with E-state index >= 15 is 0 Å². The van der Waals surface area contributed by atoms with Crippen LogP contribution in [0.2, 0.25) is 0 Å². The summed E-state index contributed by atoms with van der Waals surface area (Å²) in [6.45, 7) is 1.68. The van der Waals surface area contributed by atoms with E-state index < -0.39 is 6.67 Å². The molecule has 0 atom stereocenters. The molecule has 1 N–H and O–H groups in total. The normalized spacial score (nSPS) is 11.7. The zero-order chi connectivity index (χ0) is 18.5. The number of benzene rings is 2. The number of nitrogens with one attached hydrogen (secondary N) is 1. The third-order valence-electron chi connectivity index (χ3n) is 4.10. The van der Waals surface area contributed by atoms with Crippen molar-refractivity contribution in [2.24, 2.45) is 12.2 Å². The number of aromatic nitrogens is 3. The van der Waals surface area contributed by atoms with Gasteiger partial charge in [-0.15, -0.1) is 0 Å². The molecule has 26 heavy (non-hydrogen) atoms. The van der Waals surface area contributed by atoms with Gasteiger partial charge in [-0.3, -0.25) is 0 Å². The Kier molecular flexibility index (Phi) is 5.36. The van der Waals surface area contributed by atoms with Crippen molar-refractivity contribution in [2.75, 3.05) is 0 Å². The highest BCUT2D eigenvalue weighted by molar-refractivity contribution is 6.00. The van der Waals surface area contributed by atoms with Gasteiger partial charge >= 0.3 is 5.69 Å². The second-order valence-electron chi connectivity index (χ2n) is 5.90. The molecule has 1 heterocycles. The average Bonchev–Trinajstić information content (AvgIpc) is 2.69. The molecular weight excluding hydrogens is 335 g/mol. The largest absolute Gasteiger partial charge is 0.391 e. The highest BCUT2D eigenvalue weighted by Gasteiger charge is 2.11. The number of rotatable bonds is 7. The van der Waals surface area contributed by atoms with Crippen LogP contribution in [-0.2, 0) is 25.2 Å². The van der Waals surface area contributed by atoms with Crippen molar-refractivity contribution in [2.45, 2.75) is 26.6 Å². The fourth-order valence-corrected chi connectivity index (χ4v) is 2.68. The Labute approximate surface area is 150 Å². The molecule has 0 spiro atoms. The molecule has 0 bridgehead atoms. The first kappa shape index (κ1) is 17.7. The van der Waals surface area contributed by atoms with Crippen LogP contribution in [0.15, 0.2) is 58.5 Å². The van der Waals surface area contributed by atoms with Crippen LogP contribution in [0.3, 0.4) is 0 Å². The summed E-state index contributed by atoms with van der Waals surface area (Å²) < 4.78 is 15.7. The van der Waals surface area contributed by atoms with Crippen LogP contribution in [0.5, 0.6) is 0 Å². The van der Waals surface area contributed by atoms with E-state index in [0.717, 1.165) is 22.5 Å². The quantitative estimate of drug-likeness (QED) is 0.521. The van der Waals surface area contributed by atoms with Crippen LogP contribution < -0.4 is 5.69 Å². The van der Waals surface area contributed by atoms with E-state index in [1.54, 1.807) is 19.2 Å². The lowest BCUT2D eigenvalue weighted by Gasteiger charge is -2.16. The number of hydrogen-bond acceptors (Lipinski definition) is 3. The van der Waals surface area contributed by atoms with Gasteiger partial charge in [0.2, 0.25) is 0 Å². The molecule has 136 valence electrons. The molecule has 0 aliphatic heterocycles. The van der Waals surface area contributed by atoms with Crippen LogP contribution in [0, 0.1) is 0 Å². The summed E-state index contributed by atoms with van der Waals surface area (Å²) in [6.07, 6.45) is 0.661. The molecule has 0 aliphatic carbocycles. The molecule has 6 nitrogen and oxygen atoms in total. The van der Waals surface area contributed by atoms with Gasteiger partial charge in [-0.25, -0.2) is 19.1 Å². The van der Waals surface area contributed by atoms with Gasteiger partial charge in [0.15, 0.2) is 0 Å². The number of oxime groups is 1. The zero-order valence-electron chi connectivity index (χ0n) is 14.8. The average molecular weight is 356 g/mol. The van der Waals surface area contributed by atoms with Gasteiger partial charge in [-0.2, -0.15) is 4.68 Å². The molecule has 1 aromatic heterocycles. The van der Waals surface area contributed by atoms with Gasteiger partial charge in [0, 0.05) is 12.6 Å². The molecule has 0 amide bonds. The molecular formula is C19H21FN4O2. The molecule has 7 heteroatoms. The Morgan fingerprint density at radius 2 is 2.04 bits per heavy atom. The van der Waals surface area contributed by atoms with Gasteiger partial charge in [-0.05, 0) is 29.7 Å². The fraction of sp³-hybridized carbons (Fsp3) is 0.263. The summed E-state index contributed by atoms with van der Waals surface area (Å²) in [7, 11) is 1.65. The number of para-hydroxylation sites is 1. The summed E-state index contributed by atoms with van der Waals surface area (Å²) in [5.41, 5.74) is 3.62. The Morgan fingerprint density at radius 3 is 2.73 bits per heavy atom. The maximum absolute atomic E-state index is 12.9. The minimum Gasteiger partial charge on any atom is -0.391 e. The summed E-state index contributed by atoms with van der Waals surface area (Å²) in [4.78, 5) is 17.4. The Morgan fingerprint density at radius 1 is 1.23 bits per heavy atom. The van der Waals surface area contributed by atoms with Crippen molar-refractivity contribution in [1.29, 1.82) is 0 Å². The number of nitrogens with zero attached hydrogens (tertiary/aromatic N) is 3. The lowest BCUT2D eigenvalue weighted by molar-refractivity contribution is 0.130. The minimum absolute atomic E-state index is 0.141. The van der Waals surface area contributed by atoms with Gasteiger partial charge in [-0.1, -0.05) is 48.5 Å². The SMILES string of the molecule is CCC(=NOCc1ccccc1-n1[nH]n(C)c1=O)c1cccc(CF)c1. The lowest BCUT2D eigenvalue weighted by atomic mass is 10.1. The lowest BCUT2D eigenvalue weighted by Crippen LogP contribution is -2.40. The molecule has 0 saturated carbocycles. The standard InChI is InChI=1S/C19H21FN4O2/c1-3-17(15-9-6-7-14(11-15)12-20)21-26-13-16-8-4-5-10-18(16)24-19(25)23(2)22-24/h4-11,22H,3,12-13H2,1-2H3. The van der Waals surface area contributed by atoms with Crippen molar-refractivity contribution in [3.63, 3.8) is 0 Å². The molecule has 0 unspecified atom stereocenters. The van der Waals surface area contributed by atoms with Crippen molar-refractivity contribution >= 4 is 5.71 Å². The van der Waals surface area contributed by atoms with E-state index in [1.807, 2.05) is 43.3 Å². The smallest absolute Gasteiger partial charge is 0.364 e. The van der Waals surface area contributed by atoms with Crippen molar-refractivity contribution in [3.8, 4) is 5.69 Å². The third-order valence-corrected chi connectivity index (χ3v) is 4.10. The number of H-pyrrole nitrogens is 1.